The molecule has 37 heavy (non-hydrogen) atoms. The van der Waals surface area contributed by atoms with E-state index in [1.165, 1.54) is 0 Å². The molecule has 1 amide bonds. The molecular formula is C29H41ClN4O3. The van der Waals surface area contributed by atoms with Gasteiger partial charge in [0, 0.05) is 29.3 Å². The van der Waals surface area contributed by atoms with Crippen LogP contribution in [0.1, 0.15) is 83.5 Å². The molecule has 0 radical (unpaired) electrons. The first-order chi connectivity index (χ1) is 17.9. The standard InChI is InChI=1S/C29H41ClN4O3/c1-4-21(35)9-7-6-8-10-24(33-28(36)23-18-29(23)13-15-34(5-2)16-14-29)27-31-19-25(32-27)22-12-11-20(30)17-26(22)37-3/h11-12,17,19,23-24H,4-10,13-16,18H2,1-3H3,(H,31,32)(H,33,36)/t23-,24+/m1/s1. The van der Waals surface area contributed by atoms with Crippen molar-refractivity contribution in [2.75, 3.05) is 26.7 Å². The number of carbonyl (C=O) groups excluding carboxylic acids is 2. The third kappa shape index (κ3) is 6.74. The first-order valence-electron chi connectivity index (χ1n) is 13.8. The van der Waals surface area contributed by atoms with E-state index in [9.17, 15) is 9.59 Å². The summed E-state index contributed by atoms with van der Waals surface area (Å²) in [7, 11) is 1.62. The molecule has 7 nitrogen and oxygen atoms in total. The Kier molecular flexibility index (Phi) is 9.30. The van der Waals surface area contributed by atoms with Crippen LogP contribution in [-0.4, -0.2) is 53.3 Å². The summed E-state index contributed by atoms with van der Waals surface area (Å²) in [5, 5.41) is 3.95. The van der Waals surface area contributed by atoms with Gasteiger partial charge in [-0.25, -0.2) is 4.98 Å². The maximum absolute atomic E-state index is 13.4. The Morgan fingerprint density at radius 2 is 2.03 bits per heavy atom. The van der Waals surface area contributed by atoms with Crippen LogP contribution in [0.15, 0.2) is 24.4 Å². The summed E-state index contributed by atoms with van der Waals surface area (Å²) in [4.78, 5) is 35.6. The van der Waals surface area contributed by atoms with Crippen molar-refractivity contribution in [1.29, 1.82) is 0 Å². The number of ketones is 1. The van der Waals surface area contributed by atoms with Gasteiger partial charge in [-0.2, -0.15) is 0 Å². The fourth-order valence-corrected chi connectivity index (χ4v) is 5.86. The average molecular weight is 529 g/mol. The second-order valence-electron chi connectivity index (χ2n) is 10.6. The lowest BCUT2D eigenvalue weighted by atomic mass is 9.90. The predicted octanol–water partition coefficient (Wildman–Crippen LogP) is 5.95. The van der Waals surface area contributed by atoms with E-state index in [0.29, 0.717) is 29.4 Å². The van der Waals surface area contributed by atoms with Gasteiger partial charge in [-0.1, -0.05) is 38.3 Å². The smallest absolute Gasteiger partial charge is 0.224 e. The Hall–Kier alpha value is -2.38. The Morgan fingerprint density at radius 1 is 1.24 bits per heavy atom. The van der Waals surface area contributed by atoms with Crippen LogP contribution in [0.25, 0.3) is 11.3 Å². The Labute approximate surface area is 225 Å². The zero-order valence-corrected chi connectivity index (χ0v) is 23.2. The highest BCUT2D eigenvalue weighted by Gasteiger charge is 2.58. The van der Waals surface area contributed by atoms with E-state index in [-0.39, 0.29) is 23.3 Å². The first-order valence-corrected chi connectivity index (χ1v) is 14.2. The fourth-order valence-electron chi connectivity index (χ4n) is 5.70. The SMILES string of the molecule is CCC(=O)CCCCC[C@H](NC(=O)[C@H]1CC12CCN(CC)CC2)c1ncc(-c2ccc(Cl)cc2OC)[nH]1. The summed E-state index contributed by atoms with van der Waals surface area (Å²) in [6.45, 7) is 7.37. The van der Waals surface area contributed by atoms with E-state index in [0.717, 1.165) is 81.7 Å². The second-order valence-corrected chi connectivity index (χ2v) is 11.1. The van der Waals surface area contributed by atoms with Gasteiger partial charge in [-0.15, -0.1) is 0 Å². The number of nitrogens with zero attached hydrogens (tertiary/aromatic N) is 2. The van der Waals surface area contributed by atoms with Crippen LogP contribution in [-0.2, 0) is 9.59 Å². The highest BCUT2D eigenvalue weighted by molar-refractivity contribution is 6.30. The van der Waals surface area contributed by atoms with E-state index < -0.39 is 0 Å². The van der Waals surface area contributed by atoms with Crippen LogP contribution in [0, 0.1) is 11.3 Å². The summed E-state index contributed by atoms with van der Waals surface area (Å²) in [5.41, 5.74) is 1.88. The molecule has 0 unspecified atom stereocenters. The molecule has 2 fully saturated rings. The number of aromatic amines is 1. The molecule has 1 aliphatic carbocycles. The molecule has 1 spiro atoms. The van der Waals surface area contributed by atoms with Crippen LogP contribution in [0.5, 0.6) is 5.75 Å². The van der Waals surface area contributed by atoms with E-state index >= 15 is 0 Å². The normalized spacial score (nSPS) is 19.5. The summed E-state index contributed by atoms with van der Waals surface area (Å²) >= 11 is 6.14. The van der Waals surface area contributed by atoms with E-state index in [1.54, 1.807) is 19.4 Å². The number of Topliss-reactive ketones (excluding diaryl/α,β-unsaturated/α-hetero) is 1. The van der Waals surface area contributed by atoms with E-state index in [2.05, 4.69) is 27.1 Å². The number of aromatic nitrogens is 2. The molecule has 4 rings (SSSR count). The minimum absolute atomic E-state index is 0.0990. The van der Waals surface area contributed by atoms with Gasteiger partial charge in [-0.3, -0.25) is 9.59 Å². The minimum atomic E-state index is -0.199. The molecule has 8 heteroatoms. The van der Waals surface area contributed by atoms with Gasteiger partial charge >= 0.3 is 0 Å². The lowest BCUT2D eigenvalue weighted by Crippen LogP contribution is -2.37. The number of H-pyrrole nitrogens is 1. The van der Waals surface area contributed by atoms with Gasteiger partial charge in [0.1, 0.15) is 17.4 Å². The molecule has 1 saturated carbocycles. The molecule has 2 heterocycles. The van der Waals surface area contributed by atoms with Crippen molar-refractivity contribution in [2.24, 2.45) is 11.3 Å². The number of likely N-dealkylation sites (tertiary alicyclic amines) is 1. The van der Waals surface area contributed by atoms with Gasteiger partial charge in [-0.05, 0) is 75.4 Å². The van der Waals surface area contributed by atoms with Gasteiger partial charge in [0.25, 0.3) is 0 Å². The van der Waals surface area contributed by atoms with Crippen molar-refractivity contribution >= 4 is 23.3 Å². The second kappa shape index (κ2) is 12.4. The van der Waals surface area contributed by atoms with Gasteiger partial charge < -0.3 is 19.9 Å². The van der Waals surface area contributed by atoms with E-state index in [1.807, 2.05) is 19.1 Å². The molecule has 2 aliphatic rings. The zero-order valence-electron chi connectivity index (χ0n) is 22.4. The van der Waals surface area contributed by atoms with Crippen molar-refractivity contribution in [3.05, 3.63) is 35.2 Å². The number of unbranched alkanes of at least 4 members (excludes halogenated alkanes) is 2. The average Bonchev–Trinajstić information content (AvgIpc) is 3.38. The fraction of sp³-hybridized carbons (Fsp3) is 0.621. The molecule has 2 atom stereocenters. The number of benzene rings is 1. The first kappa shape index (κ1) is 27.6. The van der Waals surface area contributed by atoms with Gasteiger partial charge in [0.2, 0.25) is 5.91 Å². The number of piperidine rings is 1. The molecule has 202 valence electrons. The number of carbonyl (C=O) groups is 2. The van der Waals surface area contributed by atoms with Crippen LogP contribution in [0.3, 0.4) is 0 Å². The minimum Gasteiger partial charge on any atom is -0.496 e. The molecular weight excluding hydrogens is 488 g/mol. The maximum atomic E-state index is 13.4. The number of hydrogen-bond donors (Lipinski definition) is 2. The third-order valence-electron chi connectivity index (χ3n) is 8.34. The molecule has 2 N–H and O–H groups in total. The monoisotopic (exact) mass is 528 g/mol. The van der Waals surface area contributed by atoms with Crippen LogP contribution < -0.4 is 10.1 Å². The van der Waals surface area contributed by atoms with Crippen LogP contribution in [0.4, 0.5) is 0 Å². The molecule has 1 saturated heterocycles. The summed E-state index contributed by atoms with van der Waals surface area (Å²) in [6.07, 6.45) is 9.77. The highest BCUT2D eigenvalue weighted by Crippen LogP contribution is 2.59. The number of hydrogen-bond acceptors (Lipinski definition) is 5. The Balaban J connectivity index is 1.44. The van der Waals surface area contributed by atoms with E-state index in [4.69, 9.17) is 16.3 Å². The zero-order chi connectivity index (χ0) is 26.4. The molecule has 0 bridgehead atoms. The lowest BCUT2D eigenvalue weighted by Gasteiger charge is -2.32. The molecule has 1 aliphatic heterocycles. The largest absolute Gasteiger partial charge is 0.496 e. The van der Waals surface area contributed by atoms with Crippen molar-refractivity contribution < 1.29 is 14.3 Å². The van der Waals surface area contributed by atoms with Crippen molar-refractivity contribution in [1.82, 2.24) is 20.2 Å². The van der Waals surface area contributed by atoms with Crippen molar-refractivity contribution in [3.63, 3.8) is 0 Å². The number of imidazole rings is 1. The summed E-state index contributed by atoms with van der Waals surface area (Å²) in [6, 6.07) is 5.32. The Morgan fingerprint density at radius 3 is 2.73 bits per heavy atom. The highest BCUT2D eigenvalue weighted by atomic mass is 35.5. The predicted molar refractivity (Wildman–Crippen MR) is 147 cm³/mol. The van der Waals surface area contributed by atoms with Gasteiger partial charge in [0.05, 0.1) is 25.0 Å². The summed E-state index contributed by atoms with van der Waals surface area (Å²) < 4.78 is 5.52. The number of methoxy groups -OCH3 is 1. The Bertz CT molecular complexity index is 1080. The van der Waals surface area contributed by atoms with Crippen molar-refractivity contribution in [2.45, 2.75) is 77.7 Å². The lowest BCUT2D eigenvalue weighted by molar-refractivity contribution is -0.124. The molecule has 2 aromatic rings. The van der Waals surface area contributed by atoms with Gasteiger partial charge in [0.15, 0.2) is 0 Å². The maximum Gasteiger partial charge on any atom is 0.224 e. The quantitative estimate of drug-likeness (QED) is 0.314. The van der Waals surface area contributed by atoms with Crippen LogP contribution in [0.2, 0.25) is 5.02 Å². The molecule has 1 aromatic carbocycles. The van der Waals surface area contributed by atoms with Crippen molar-refractivity contribution in [3.8, 4) is 17.0 Å². The van der Waals surface area contributed by atoms with Crippen LogP contribution >= 0.6 is 11.6 Å². The number of halogens is 1. The molecule has 1 aromatic heterocycles. The number of rotatable bonds is 13. The number of nitrogens with one attached hydrogen (secondary N) is 2. The third-order valence-corrected chi connectivity index (χ3v) is 8.58. The summed E-state index contributed by atoms with van der Waals surface area (Å²) in [5.74, 6) is 1.98. The number of amides is 1. The number of ether oxygens (including phenoxy) is 1. The topological polar surface area (TPSA) is 87.3 Å².